The quantitative estimate of drug-likeness (QED) is 0.189. The topological polar surface area (TPSA) is 212 Å². The zero-order valence-corrected chi connectivity index (χ0v) is 16.4. The second-order valence-corrected chi connectivity index (χ2v) is 7.38. The molecule has 0 saturated carbocycles. The van der Waals surface area contributed by atoms with Crippen LogP contribution in [0.25, 0.3) is 0 Å². The molecule has 13 nitrogen and oxygen atoms in total. The van der Waals surface area contributed by atoms with Gasteiger partial charge in [-0.15, -0.1) is 0 Å². The summed E-state index contributed by atoms with van der Waals surface area (Å²) in [4.78, 5) is 0. The summed E-state index contributed by atoms with van der Waals surface area (Å²) < 4.78 is 26.7. The van der Waals surface area contributed by atoms with Crippen molar-refractivity contribution in [1.29, 1.82) is 0 Å². The van der Waals surface area contributed by atoms with Gasteiger partial charge >= 0.3 is 0 Å². The number of furan rings is 1. The molecule has 8 N–H and O–H groups in total. The number of ether oxygens (including phenoxy) is 4. The first kappa shape index (κ1) is 24.4. The third-order valence-electron chi connectivity index (χ3n) is 5.19. The Morgan fingerprint density at radius 2 is 1.00 bits per heavy atom. The second-order valence-electron chi connectivity index (χ2n) is 7.38. The Morgan fingerprint density at radius 3 is 1.35 bits per heavy atom. The SMILES string of the molecule is OCC1O[C@@H](OCc2ccc(CO[C@@H]3OC(CO)[C@H](O)[C@H](O)C3O)o2)C(O)[C@@H](O)[C@H]1O. The van der Waals surface area contributed by atoms with Gasteiger partial charge in [-0.1, -0.05) is 0 Å². The Bertz CT molecular complexity index is 625. The smallest absolute Gasteiger partial charge is 0.187 e. The summed E-state index contributed by atoms with van der Waals surface area (Å²) in [6.45, 7) is -1.51. The van der Waals surface area contributed by atoms with Crippen molar-refractivity contribution in [3.8, 4) is 0 Å². The highest BCUT2D eigenvalue weighted by atomic mass is 16.7. The largest absolute Gasteiger partial charge is 0.461 e. The van der Waals surface area contributed by atoms with E-state index >= 15 is 0 Å². The minimum atomic E-state index is -1.56. The van der Waals surface area contributed by atoms with E-state index in [1.165, 1.54) is 12.1 Å². The first-order valence-electron chi connectivity index (χ1n) is 9.68. The molecule has 2 aliphatic heterocycles. The maximum atomic E-state index is 9.95. The average Bonchev–Trinajstić information content (AvgIpc) is 3.23. The van der Waals surface area contributed by atoms with E-state index in [2.05, 4.69) is 0 Å². The van der Waals surface area contributed by atoms with Crippen LogP contribution in [0.4, 0.5) is 0 Å². The Morgan fingerprint density at radius 1 is 0.613 bits per heavy atom. The van der Waals surface area contributed by atoms with Crippen LogP contribution in [0, 0.1) is 0 Å². The molecule has 13 heteroatoms. The molecule has 4 unspecified atom stereocenters. The lowest BCUT2D eigenvalue weighted by Crippen LogP contribution is -2.59. The molecule has 2 aliphatic rings. The van der Waals surface area contributed by atoms with E-state index in [0.29, 0.717) is 11.5 Å². The minimum Gasteiger partial charge on any atom is -0.461 e. The molecule has 0 amide bonds. The van der Waals surface area contributed by atoms with Crippen LogP contribution in [0.15, 0.2) is 16.5 Å². The van der Waals surface area contributed by atoms with Crippen molar-refractivity contribution >= 4 is 0 Å². The van der Waals surface area contributed by atoms with Gasteiger partial charge in [-0.25, -0.2) is 0 Å². The molecule has 3 rings (SSSR count). The van der Waals surface area contributed by atoms with Crippen LogP contribution < -0.4 is 0 Å². The predicted molar refractivity (Wildman–Crippen MR) is 95.8 cm³/mol. The molecule has 0 bridgehead atoms. The molecule has 3 heterocycles. The number of hydrogen-bond donors (Lipinski definition) is 8. The van der Waals surface area contributed by atoms with Crippen LogP contribution in [0.2, 0.25) is 0 Å². The normalized spacial score (nSPS) is 41.4. The number of rotatable bonds is 8. The molecular weight excluding hydrogens is 424 g/mol. The lowest BCUT2D eigenvalue weighted by molar-refractivity contribution is -0.305. The molecular formula is C18H28O13. The summed E-state index contributed by atoms with van der Waals surface area (Å²) in [6, 6.07) is 3.08. The van der Waals surface area contributed by atoms with E-state index in [4.69, 9.17) is 23.4 Å². The van der Waals surface area contributed by atoms with Crippen LogP contribution in [-0.2, 0) is 32.2 Å². The summed E-state index contributed by atoms with van der Waals surface area (Å²) in [6.07, 6.45) is -14.0. The van der Waals surface area contributed by atoms with E-state index in [1.807, 2.05) is 0 Å². The molecule has 0 aliphatic carbocycles. The second kappa shape index (κ2) is 10.6. The summed E-state index contributed by atoms with van der Waals surface area (Å²) in [5, 5.41) is 77.3. The van der Waals surface area contributed by atoms with E-state index in [9.17, 15) is 40.9 Å². The highest BCUT2D eigenvalue weighted by Gasteiger charge is 2.45. The van der Waals surface area contributed by atoms with Gasteiger partial charge in [0.1, 0.15) is 73.6 Å². The van der Waals surface area contributed by atoms with E-state index in [1.54, 1.807) is 0 Å². The van der Waals surface area contributed by atoms with Gasteiger partial charge in [0, 0.05) is 0 Å². The lowest BCUT2D eigenvalue weighted by atomic mass is 9.99. The fraction of sp³-hybridized carbons (Fsp3) is 0.778. The standard InChI is InChI=1S/C18H28O13/c19-3-9-11(21)13(23)15(25)17(30-9)27-5-7-1-2-8(29-7)6-28-18-16(26)14(24)12(22)10(4-20)31-18/h1-2,9-26H,3-6H2/t9?,10?,11-,12-,13-,14-,15?,16?,17+,18+/m0/s1. The highest BCUT2D eigenvalue weighted by molar-refractivity contribution is 5.06. The number of aliphatic hydroxyl groups is 8. The monoisotopic (exact) mass is 452 g/mol. The first-order chi connectivity index (χ1) is 14.8. The summed E-state index contributed by atoms with van der Waals surface area (Å²) in [5.41, 5.74) is 0. The van der Waals surface area contributed by atoms with Gasteiger partial charge < -0.3 is 64.2 Å². The Balaban J connectivity index is 1.50. The van der Waals surface area contributed by atoms with Gasteiger partial charge in [0.15, 0.2) is 12.6 Å². The average molecular weight is 452 g/mol. The van der Waals surface area contributed by atoms with Crippen molar-refractivity contribution in [1.82, 2.24) is 0 Å². The first-order valence-corrected chi connectivity index (χ1v) is 9.68. The van der Waals surface area contributed by atoms with Gasteiger partial charge in [0.05, 0.1) is 13.2 Å². The van der Waals surface area contributed by atoms with E-state index in [-0.39, 0.29) is 13.2 Å². The zero-order valence-electron chi connectivity index (χ0n) is 16.4. The van der Waals surface area contributed by atoms with Crippen molar-refractivity contribution < 1.29 is 64.2 Å². The molecule has 0 radical (unpaired) electrons. The predicted octanol–water partition coefficient (Wildman–Crippen LogP) is -4.09. The van der Waals surface area contributed by atoms with Crippen molar-refractivity contribution in [2.75, 3.05) is 13.2 Å². The third-order valence-corrected chi connectivity index (χ3v) is 5.19. The fourth-order valence-electron chi connectivity index (χ4n) is 3.32. The minimum absolute atomic E-state index is 0.178. The van der Waals surface area contributed by atoms with Crippen molar-refractivity contribution in [3.05, 3.63) is 23.7 Å². The van der Waals surface area contributed by atoms with E-state index in [0.717, 1.165) is 0 Å². The Hall–Kier alpha value is -1.20. The third kappa shape index (κ3) is 5.42. The van der Waals surface area contributed by atoms with Crippen LogP contribution in [0.3, 0.4) is 0 Å². The molecule has 1 aromatic rings. The molecule has 0 aromatic carbocycles. The van der Waals surface area contributed by atoms with Crippen molar-refractivity contribution in [2.45, 2.75) is 74.6 Å². The van der Waals surface area contributed by atoms with Crippen molar-refractivity contribution in [2.24, 2.45) is 0 Å². The number of hydrogen-bond acceptors (Lipinski definition) is 13. The van der Waals surface area contributed by atoms with Gasteiger partial charge in [0.2, 0.25) is 0 Å². The van der Waals surface area contributed by atoms with Gasteiger partial charge in [-0.05, 0) is 12.1 Å². The Kier molecular flexibility index (Phi) is 8.37. The zero-order chi connectivity index (χ0) is 22.7. The van der Waals surface area contributed by atoms with E-state index < -0.39 is 74.6 Å². The van der Waals surface area contributed by atoms with Gasteiger partial charge in [0.25, 0.3) is 0 Å². The summed E-state index contributed by atoms with van der Waals surface area (Å²) >= 11 is 0. The fourth-order valence-corrected chi connectivity index (χ4v) is 3.32. The van der Waals surface area contributed by atoms with Crippen LogP contribution >= 0.6 is 0 Å². The molecule has 1 aromatic heterocycles. The van der Waals surface area contributed by atoms with Crippen LogP contribution in [0.5, 0.6) is 0 Å². The maximum absolute atomic E-state index is 9.95. The van der Waals surface area contributed by atoms with Crippen LogP contribution in [0.1, 0.15) is 11.5 Å². The van der Waals surface area contributed by atoms with Crippen LogP contribution in [-0.4, -0.2) is 115 Å². The van der Waals surface area contributed by atoms with Gasteiger partial charge in [-0.2, -0.15) is 0 Å². The summed E-state index contributed by atoms with van der Waals surface area (Å²) in [7, 11) is 0. The molecule has 31 heavy (non-hydrogen) atoms. The number of aliphatic hydroxyl groups excluding tert-OH is 8. The Labute approximate surface area is 176 Å². The maximum Gasteiger partial charge on any atom is 0.187 e. The molecule has 178 valence electrons. The molecule has 0 spiro atoms. The molecule has 2 saturated heterocycles. The lowest BCUT2D eigenvalue weighted by Gasteiger charge is -2.39. The summed E-state index contributed by atoms with van der Waals surface area (Å²) in [5.74, 6) is 0.591. The molecule has 2 fully saturated rings. The highest BCUT2D eigenvalue weighted by Crippen LogP contribution is 2.25. The molecule has 10 atom stereocenters. The van der Waals surface area contributed by atoms with Gasteiger partial charge in [-0.3, -0.25) is 0 Å². The van der Waals surface area contributed by atoms with Crippen molar-refractivity contribution in [3.63, 3.8) is 0 Å².